The summed E-state index contributed by atoms with van der Waals surface area (Å²) in [7, 11) is 2.94. The molecule has 1 N–H and O–H groups in total. The number of methoxy groups -OCH3 is 2. The Bertz CT molecular complexity index is 1340. The quantitative estimate of drug-likeness (QED) is 0.318. The molecule has 4 rings (SSSR count). The van der Waals surface area contributed by atoms with E-state index in [-0.39, 0.29) is 28.2 Å². The molecule has 2 amide bonds. The van der Waals surface area contributed by atoms with Crippen LogP contribution >= 0.6 is 0 Å². The molecule has 0 saturated carbocycles. The van der Waals surface area contributed by atoms with E-state index in [1.165, 1.54) is 56.7 Å². The maximum atomic E-state index is 13.8. The number of carbonyl (C=O) groups is 2. The smallest absolute Gasteiger partial charge is 0.282 e. The predicted octanol–water partition coefficient (Wildman–Crippen LogP) is 4.15. The third-order valence-electron chi connectivity index (χ3n) is 5.17. The second-order valence-electron chi connectivity index (χ2n) is 7.17. The number of halogens is 1. The highest BCUT2D eigenvalue weighted by molar-refractivity contribution is 6.46. The van der Waals surface area contributed by atoms with Crippen molar-refractivity contribution in [2.24, 2.45) is 0 Å². The number of amides is 2. The van der Waals surface area contributed by atoms with E-state index in [1.54, 1.807) is 18.2 Å². The Morgan fingerprint density at radius 1 is 0.912 bits per heavy atom. The Hall–Kier alpha value is -4.73. The van der Waals surface area contributed by atoms with Crippen LogP contribution in [0.1, 0.15) is 5.56 Å². The van der Waals surface area contributed by atoms with Crippen LogP contribution in [-0.4, -0.2) is 31.0 Å². The number of carbonyl (C=O) groups excluding carboxylic acids is 2. The van der Waals surface area contributed by atoms with Gasteiger partial charge in [-0.3, -0.25) is 19.7 Å². The number of non-ortho nitro benzene ring substituents is 1. The molecule has 3 aromatic rings. The van der Waals surface area contributed by atoms with Crippen molar-refractivity contribution in [2.45, 2.75) is 0 Å². The first-order chi connectivity index (χ1) is 16.3. The molecule has 1 heterocycles. The van der Waals surface area contributed by atoms with Crippen molar-refractivity contribution >= 4 is 34.4 Å². The van der Waals surface area contributed by atoms with Gasteiger partial charge in [0.15, 0.2) is 11.5 Å². The maximum Gasteiger partial charge on any atom is 0.282 e. The van der Waals surface area contributed by atoms with E-state index in [0.717, 1.165) is 11.0 Å². The fourth-order valence-corrected chi connectivity index (χ4v) is 3.57. The number of nitrogens with one attached hydrogen (secondary N) is 1. The Morgan fingerprint density at radius 2 is 1.62 bits per heavy atom. The first-order valence-corrected chi connectivity index (χ1v) is 9.96. The van der Waals surface area contributed by atoms with Gasteiger partial charge < -0.3 is 14.8 Å². The SMILES string of the molecule is COc1ccc(NC2=C(c3ccc([N+](=O)[O-])cc3)C(=O)N(c3cccc(F)c3)C2=O)cc1OC. The summed E-state index contributed by atoms with van der Waals surface area (Å²) in [6, 6.07) is 15.2. The summed E-state index contributed by atoms with van der Waals surface area (Å²) < 4.78 is 24.4. The summed E-state index contributed by atoms with van der Waals surface area (Å²) in [5.74, 6) is -1.17. The largest absolute Gasteiger partial charge is 0.493 e. The molecule has 3 aromatic carbocycles. The number of rotatable bonds is 7. The molecule has 0 aliphatic carbocycles. The minimum Gasteiger partial charge on any atom is -0.493 e. The average molecular weight is 463 g/mol. The van der Waals surface area contributed by atoms with Crippen molar-refractivity contribution in [1.82, 2.24) is 0 Å². The van der Waals surface area contributed by atoms with Gasteiger partial charge in [-0.25, -0.2) is 9.29 Å². The first-order valence-electron chi connectivity index (χ1n) is 9.96. The third-order valence-corrected chi connectivity index (χ3v) is 5.17. The highest BCUT2D eigenvalue weighted by atomic mass is 19.1. The minimum atomic E-state index is -0.710. The Labute approximate surface area is 193 Å². The van der Waals surface area contributed by atoms with Gasteiger partial charge in [0.1, 0.15) is 11.5 Å². The topological polar surface area (TPSA) is 111 Å². The zero-order valence-corrected chi connectivity index (χ0v) is 18.1. The zero-order valence-electron chi connectivity index (χ0n) is 18.1. The summed E-state index contributed by atoms with van der Waals surface area (Å²) in [4.78, 5) is 38.1. The highest BCUT2D eigenvalue weighted by Crippen LogP contribution is 2.36. The second kappa shape index (κ2) is 9.02. The summed E-state index contributed by atoms with van der Waals surface area (Å²) in [5, 5.41) is 14.0. The third kappa shape index (κ3) is 4.04. The predicted molar refractivity (Wildman–Crippen MR) is 122 cm³/mol. The number of ether oxygens (including phenoxy) is 2. The van der Waals surface area contributed by atoms with Gasteiger partial charge in [0, 0.05) is 23.9 Å². The van der Waals surface area contributed by atoms with Crippen molar-refractivity contribution < 1.29 is 28.4 Å². The van der Waals surface area contributed by atoms with Gasteiger partial charge in [-0.05, 0) is 48.0 Å². The van der Waals surface area contributed by atoms with Crippen LogP contribution < -0.4 is 19.7 Å². The normalized spacial score (nSPS) is 13.3. The number of hydrogen-bond donors (Lipinski definition) is 1. The van der Waals surface area contributed by atoms with Crippen molar-refractivity contribution in [2.75, 3.05) is 24.4 Å². The van der Waals surface area contributed by atoms with Crippen molar-refractivity contribution in [3.63, 3.8) is 0 Å². The molecule has 0 aromatic heterocycles. The highest BCUT2D eigenvalue weighted by Gasteiger charge is 2.40. The Morgan fingerprint density at radius 3 is 2.24 bits per heavy atom. The van der Waals surface area contributed by atoms with Gasteiger partial charge in [-0.15, -0.1) is 0 Å². The van der Waals surface area contributed by atoms with Crippen molar-refractivity contribution in [3.8, 4) is 11.5 Å². The van der Waals surface area contributed by atoms with E-state index >= 15 is 0 Å². The van der Waals surface area contributed by atoms with Gasteiger partial charge in [0.05, 0.1) is 30.4 Å². The van der Waals surface area contributed by atoms with Gasteiger partial charge in [0.25, 0.3) is 17.5 Å². The number of benzene rings is 3. The van der Waals surface area contributed by atoms with E-state index in [1.807, 2.05) is 0 Å². The number of nitro benzene ring substituents is 1. The lowest BCUT2D eigenvalue weighted by molar-refractivity contribution is -0.384. The molecule has 10 heteroatoms. The lowest BCUT2D eigenvalue weighted by Gasteiger charge is -2.15. The summed E-state index contributed by atoms with van der Waals surface area (Å²) in [6.07, 6.45) is 0. The van der Waals surface area contributed by atoms with E-state index in [2.05, 4.69) is 5.32 Å². The molecular formula is C24H18FN3O6. The fourth-order valence-electron chi connectivity index (χ4n) is 3.57. The van der Waals surface area contributed by atoms with Crippen LogP contribution in [0.4, 0.5) is 21.5 Å². The molecular weight excluding hydrogens is 445 g/mol. The van der Waals surface area contributed by atoms with Gasteiger partial charge in [-0.2, -0.15) is 0 Å². The van der Waals surface area contributed by atoms with E-state index in [0.29, 0.717) is 17.2 Å². The van der Waals surface area contributed by atoms with Gasteiger partial charge >= 0.3 is 0 Å². The average Bonchev–Trinajstić information content (AvgIpc) is 3.08. The van der Waals surface area contributed by atoms with Crippen LogP contribution in [-0.2, 0) is 9.59 Å². The van der Waals surface area contributed by atoms with E-state index in [9.17, 15) is 24.1 Å². The molecule has 0 radical (unpaired) electrons. The van der Waals surface area contributed by atoms with Crippen LogP contribution in [0.15, 0.2) is 72.4 Å². The van der Waals surface area contributed by atoms with Crippen molar-refractivity contribution in [1.29, 1.82) is 0 Å². The molecule has 9 nitrogen and oxygen atoms in total. The van der Waals surface area contributed by atoms with Gasteiger partial charge in [-0.1, -0.05) is 6.07 Å². The number of anilines is 2. The maximum absolute atomic E-state index is 13.8. The molecule has 0 unspecified atom stereocenters. The number of nitrogens with zero attached hydrogens (tertiary/aromatic N) is 2. The molecule has 0 bridgehead atoms. The molecule has 0 atom stereocenters. The second-order valence-corrected chi connectivity index (χ2v) is 7.17. The molecule has 0 spiro atoms. The lowest BCUT2D eigenvalue weighted by Crippen LogP contribution is -2.32. The first kappa shape index (κ1) is 22.5. The molecule has 0 saturated heterocycles. The van der Waals surface area contributed by atoms with E-state index in [4.69, 9.17) is 9.47 Å². The fraction of sp³-hybridized carbons (Fsp3) is 0.0833. The summed E-state index contributed by atoms with van der Waals surface area (Å²) >= 11 is 0. The van der Waals surface area contributed by atoms with E-state index < -0.39 is 22.6 Å². The lowest BCUT2D eigenvalue weighted by atomic mass is 10.0. The molecule has 34 heavy (non-hydrogen) atoms. The summed E-state index contributed by atoms with van der Waals surface area (Å²) in [5.41, 5.74) is 0.505. The molecule has 1 aliphatic heterocycles. The molecule has 172 valence electrons. The Kier molecular flexibility index (Phi) is 5.96. The van der Waals surface area contributed by atoms with Crippen molar-refractivity contribution in [3.05, 3.63) is 93.9 Å². The summed E-state index contributed by atoms with van der Waals surface area (Å²) in [6.45, 7) is 0. The minimum absolute atomic E-state index is 0.0149. The number of imide groups is 1. The van der Waals surface area contributed by atoms with Crippen LogP contribution in [0, 0.1) is 15.9 Å². The molecule has 0 fully saturated rings. The monoisotopic (exact) mass is 463 g/mol. The standard InChI is InChI=1S/C24H18FN3O6/c1-33-19-11-8-16(13-20(19)34-2)26-22-21(14-6-9-17(10-7-14)28(31)32)23(29)27(24(22)30)18-5-3-4-15(25)12-18/h3-13,26H,1-2H3. The zero-order chi connectivity index (χ0) is 24.4. The van der Waals surface area contributed by atoms with Crippen LogP contribution in [0.5, 0.6) is 11.5 Å². The van der Waals surface area contributed by atoms with Crippen LogP contribution in [0.2, 0.25) is 0 Å². The van der Waals surface area contributed by atoms with Gasteiger partial charge in [0.2, 0.25) is 0 Å². The molecule has 1 aliphatic rings. The number of hydrogen-bond acceptors (Lipinski definition) is 7. The van der Waals surface area contributed by atoms with Crippen LogP contribution in [0.3, 0.4) is 0 Å². The van der Waals surface area contributed by atoms with Crippen LogP contribution in [0.25, 0.3) is 5.57 Å². The number of nitro groups is 1. The Balaban J connectivity index is 1.82.